The minimum absolute atomic E-state index is 0.249. The monoisotopic (exact) mass is 378 g/mol. The van der Waals surface area contributed by atoms with Gasteiger partial charge in [-0.2, -0.15) is 0 Å². The molecule has 0 saturated carbocycles. The van der Waals surface area contributed by atoms with Crippen LogP contribution in [0.25, 0.3) is 5.57 Å². The fourth-order valence-electron chi connectivity index (χ4n) is 2.85. The van der Waals surface area contributed by atoms with E-state index in [0.29, 0.717) is 18.3 Å². The second kappa shape index (κ2) is 7.08. The van der Waals surface area contributed by atoms with Gasteiger partial charge in [0.25, 0.3) is 0 Å². The second-order valence-corrected chi connectivity index (χ2v) is 6.68. The predicted molar refractivity (Wildman–Crippen MR) is 92.1 cm³/mol. The Balaban J connectivity index is 2.27. The van der Waals surface area contributed by atoms with E-state index in [0.717, 1.165) is 19.3 Å². The summed E-state index contributed by atoms with van der Waals surface area (Å²) in [6.07, 6.45) is 10.7. The summed E-state index contributed by atoms with van der Waals surface area (Å²) in [6, 6.07) is 8.43. The molecular weight excluding hydrogens is 359 g/mol. The smallest absolute Gasteiger partial charge is 0.156 e. The number of hydrogen-bond acceptors (Lipinski definition) is 1. The molecule has 0 N–H and O–H groups in total. The molecule has 0 fully saturated rings. The number of terminal acetylenes is 1. The predicted octanol–water partition coefficient (Wildman–Crippen LogP) is 4.70. The Morgan fingerprint density at radius 3 is 2.75 bits per heavy atom. The lowest BCUT2D eigenvalue weighted by Gasteiger charge is -2.29. The normalized spacial score (nSPS) is 20.1. The van der Waals surface area contributed by atoms with Gasteiger partial charge in [-0.25, -0.2) is 0 Å². The van der Waals surface area contributed by atoms with Crippen LogP contribution in [0.5, 0.6) is 0 Å². The number of benzene rings is 1. The van der Waals surface area contributed by atoms with Gasteiger partial charge in [0.15, 0.2) is 5.78 Å². The van der Waals surface area contributed by atoms with Crippen LogP contribution in [0, 0.1) is 27.7 Å². The Kier molecular flexibility index (Phi) is 5.42. The molecule has 20 heavy (non-hydrogen) atoms. The first-order valence-corrected chi connectivity index (χ1v) is 8.13. The quantitative estimate of drug-likeness (QED) is 0.548. The van der Waals surface area contributed by atoms with E-state index in [1.54, 1.807) is 0 Å². The van der Waals surface area contributed by atoms with Crippen LogP contribution >= 0.6 is 22.6 Å². The number of ketones is 1. The zero-order chi connectivity index (χ0) is 14.5. The highest BCUT2D eigenvalue weighted by atomic mass is 127. The van der Waals surface area contributed by atoms with Gasteiger partial charge in [0.2, 0.25) is 0 Å². The fraction of sp³-hybridized carbons (Fsp3) is 0.389. The highest BCUT2D eigenvalue weighted by Gasteiger charge is 2.26. The van der Waals surface area contributed by atoms with Crippen molar-refractivity contribution in [2.24, 2.45) is 11.8 Å². The molecule has 1 aromatic carbocycles. The number of rotatable bonds is 4. The Morgan fingerprint density at radius 2 is 2.10 bits per heavy atom. The van der Waals surface area contributed by atoms with Crippen LogP contribution in [0.4, 0.5) is 0 Å². The van der Waals surface area contributed by atoms with Crippen molar-refractivity contribution in [2.45, 2.75) is 32.6 Å². The molecule has 1 nitrogen and oxygen atoms in total. The summed E-state index contributed by atoms with van der Waals surface area (Å²) in [7, 11) is 0. The van der Waals surface area contributed by atoms with Crippen LogP contribution in [0.2, 0.25) is 0 Å². The van der Waals surface area contributed by atoms with Crippen molar-refractivity contribution in [3.05, 3.63) is 39.5 Å². The lowest BCUT2D eigenvalue weighted by Crippen LogP contribution is -2.20. The van der Waals surface area contributed by atoms with Crippen molar-refractivity contribution >= 4 is 33.9 Å². The van der Waals surface area contributed by atoms with Gasteiger partial charge in [-0.1, -0.05) is 19.1 Å². The third kappa shape index (κ3) is 3.73. The van der Waals surface area contributed by atoms with Gasteiger partial charge in [0, 0.05) is 16.4 Å². The molecule has 1 aliphatic rings. The highest BCUT2D eigenvalue weighted by molar-refractivity contribution is 14.1. The Morgan fingerprint density at radius 1 is 1.40 bits per heavy atom. The third-order valence-corrected chi connectivity index (χ3v) is 4.75. The van der Waals surface area contributed by atoms with E-state index < -0.39 is 0 Å². The first-order chi connectivity index (χ1) is 9.61. The van der Waals surface area contributed by atoms with Crippen LogP contribution in [0.3, 0.4) is 0 Å². The first-order valence-electron chi connectivity index (χ1n) is 7.05. The average Bonchev–Trinajstić information content (AvgIpc) is 2.45. The lowest BCUT2D eigenvalue weighted by atomic mass is 9.75. The van der Waals surface area contributed by atoms with Gasteiger partial charge in [0.05, 0.1) is 0 Å². The summed E-state index contributed by atoms with van der Waals surface area (Å²) >= 11 is 2.30. The second-order valence-electron chi connectivity index (χ2n) is 5.44. The van der Waals surface area contributed by atoms with Gasteiger partial charge in [-0.05, 0) is 76.6 Å². The molecular formula is C18H19IO. The average molecular weight is 378 g/mol. The van der Waals surface area contributed by atoms with Crippen molar-refractivity contribution in [1.29, 1.82) is 0 Å². The lowest BCUT2D eigenvalue weighted by molar-refractivity contribution is -0.115. The molecule has 0 heterocycles. The summed E-state index contributed by atoms with van der Waals surface area (Å²) in [6.45, 7) is 2.25. The summed E-state index contributed by atoms with van der Waals surface area (Å²) in [5, 5.41) is 0. The van der Waals surface area contributed by atoms with Crippen LogP contribution in [0.1, 0.15) is 38.2 Å². The van der Waals surface area contributed by atoms with Crippen molar-refractivity contribution in [2.75, 3.05) is 0 Å². The summed E-state index contributed by atoms with van der Waals surface area (Å²) < 4.78 is 1.21. The van der Waals surface area contributed by atoms with E-state index >= 15 is 0 Å². The van der Waals surface area contributed by atoms with Gasteiger partial charge in [-0.3, -0.25) is 4.79 Å². The first kappa shape index (κ1) is 15.3. The number of carbonyl (C=O) groups excluding carboxylic acids is 1. The molecule has 0 bridgehead atoms. The maximum atomic E-state index is 11.8. The Bertz CT molecular complexity index is 548. The largest absolute Gasteiger partial charge is 0.295 e. The SMILES string of the molecule is C#CCCC(C)C1CCC(=O)C=C1c1ccc(I)cc1. The molecule has 0 aromatic heterocycles. The zero-order valence-corrected chi connectivity index (χ0v) is 13.9. The molecule has 2 unspecified atom stereocenters. The molecule has 1 aromatic rings. The summed E-state index contributed by atoms with van der Waals surface area (Å²) in [4.78, 5) is 11.8. The van der Waals surface area contributed by atoms with E-state index in [-0.39, 0.29) is 5.78 Å². The molecule has 0 saturated heterocycles. The highest BCUT2D eigenvalue weighted by Crippen LogP contribution is 2.38. The topological polar surface area (TPSA) is 17.1 Å². The molecule has 2 atom stereocenters. The number of halogens is 1. The molecule has 2 rings (SSSR count). The molecule has 0 spiro atoms. The standard InChI is InChI=1S/C18H19IO/c1-3-4-5-13(2)17-11-10-16(20)12-18(17)14-6-8-15(19)9-7-14/h1,6-9,12-13,17H,4-5,10-11H2,2H3. The summed E-state index contributed by atoms with van der Waals surface area (Å²) in [5.74, 6) is 3.93. The van der Waals surface area contributed by atoms with E-state index in [1.165, 1.54) is 14.7 Å². The van der Waals surface area contributed by atoms with Crippen LogP contribution < -0.4 is 0 Å². The molecule has 104 valence electrons. The van der Waals surface area contributed by atoms with Gasteiger partial charge < -0.3 is 0 Å². The van der Waals surface area contributed by atoms with Crippen molar-refractivity contribution < 1.29 is 4.79 Å². The van der Waals surface area contributed by atoms with Crippen LogP contribution in [-0.4, -0.2) is 5.78 Å². The van der Waals surface area contributed by atoms with Crippen LogP contribution in [0.15, 0.2) is 30.3 Å². The van der Waals surface area contributed by atoms with E-state index in [2.05, 4.69) is 59.7 Å². The Labute approximate surface area is 135 Å². The number of hydrogen-bond donors (Lipinski definition) is 0. The van der Waals surface area contributed by atoms with Crippen molar-refractivity contribution in [1.82, 2.24) is 0 Å². The molecule has 2 heteroatoms. The number of carbonyl (C=O) groups is 1. The summed E-state index contributed by atoms with van der Waals surface area (Å²) in [5.41, 5.74) is 2.37. The van der Waals surface area contributed by atoms with Crippen molar-refractivity contribution in [3.63, 3.8) is 0 Å². The third-order valence-electron chi connectivity index (χ3n) is 4.03. The van der Waals surface area contributed by atoms with Gasteiger partial charge >= 0.3 is 0 Å². The van der Waals surface area contributed by atoms with E-state index in [4.69, 9.17) is 6.42 Å². The van der Waals surface area contributed by atoms with E-state index in [9.17, 15) is 4.79 Å². The Hall–Kier alpha value is -1.08. The molecule has 0 radical (unpaired) electrons. The van der Waals surface area contributed by atoms with Crippen molar-refractivity contribution in [3.8, 4) is 12.3 Å². The fourth-order valence-corrected chi connectivity index (χ4v) is 3.21. The molecule has 1 aliphatic carbocycles. The minimum Gasteiger partial charge on any atom is -0.295 e. The molecule has 0 aliphatic heterocycles. The maximum absolute atomic E-state index is 11.8. The molecule has 0 amide bonds. The van der Waals surface area contributed by atoms with E-state index in [1.807, 2.05) is 6.08 Å². The number of allylic oxidation sites excluding steroid dienone is 2. The minimum atomic E-state index is 0.249. The van der Waals surface area contributed by atoms with Crippen LogP contribution in [-0.2, 0) is 4.79 Å². The van der Waals surface area contributed by atoms with Gasteiger partial charge in [-0.15, -0.1) is 12.3 Å². The maximum Gasteiger partial charge on any atom is 0.156 e. The zero-order valence-electron chi connectivity index (χ0n) is 11.7. The van der Waals surface area contributed by atoms with Gasteiger partial charge in [0.1, 0.15) is 0 Å².